The van der Waals surface area contributed by atoms with Crippen LogP contribution in [0.2, 0.25) is 5.02 Å². The molecule has 2 aromatic rings. The number of aliphatic carboxylic acids is 1. The second-order valence-electron chi connectivity index (χ2n) is 5.41. The van der Waals surface area contributed by atoms with E-state index in [0.717, 1.165) is 16.4 Å². The number of hydrogen-bond acceptors (Lipinski definition) is 3. The monoisotopic (exact) mass is 385 g/mol. The molecule has 0 aliphatic heterocycles. The van der Waals surface area contributed by atoms with Crippen LogP contribution in [-0.4, -0.2) is 26.0 Å². The molecule has 0 saturated carbocycles. The quantitative estimate of drug-likeness (QED) is 0.785. The molecule has 0 radical (unpaired) electrons. The van der Waals surface area contributed by atoms with Crippen molar-refractivity contribution in [3.63, 3.8) is 0 Å². The van der Waals surface area contributed by atoms with Gasteiger partial charge in [-0.1, -0.05) is 17.7 Å². The lowest BCUT2D eigenvalue weighted by molar-refractivity contribution is -0.137. The fourth-order valence-electron chi connectivity index (χ4n) is 2.34. The van der Waals surface area contributed by atoms with Crippen LogP contribution in [0.4, 0.5) is 10.1 Å². The maximum Gasteiger partial charge on any atom is 0.303 e. The average molecular weight is 386 g/mol. The second-order valence-corrected chi connectivity index (χ2v) is 7.68. The Morgan fingerprint density at radius 2 is 1.84 bits per heavy atom. The largest absolute Gasteiger partial charge is 0.481 e. The molecule has 8 heteroatoms. The number of carboxylic acid groups (broad SMARTS) is 1. The number of carbonyl (C=O) groups is 1. The van der Waals surface area contributed by atoms with Crippen molar-refractivity contribution in [3.8, 4) is 0 Å². The van der Waals surface area contributed by atoms with Gasteiger partial charge in [0.15, 0.2) is 0 Å². The van der Waals surface area contributed by atoms with Gasteiger partial charge < -0.3 is 5.11 Å². The zero-order valence-corrected chi connectivity index (χ0v) is 15.0. The Hall–Kier alpha value is -2.12. The summed E-state index contributed by atoms with van der Waals surface area (Å²) in [6.45, 7) is 1.65. The predicted octanol–water partition coefficient (Wildman–Crippen LogP) is 3.85. The van der Waals surface area contributed by atoms with Crippen molar-refractivity contribution in [2.24, 2.45) is 0 Å². The topological polar surface area (TPSA) is 74.7 Å². The molecule has 25 heavy (non-hydrogen) atoms. The molecule has 5 nitrogen and oxygen atoms in total. The van der Waals surface area contributed by atoms with E-state index in [9.17, 15) is 17.6 Å². The van der Waals surface area contributed by atoms with Crippen LogP contribution in [0.5, 0.6) is 0 Å². The van der Waals surface area contributed by atoms with E-state index in [4.69, 9.17) is 16.7 Å². The minimum atomic E-state index is -3.99. The minimum absolute atomic E-state index is 0.0345. The highest BCUT2D eigenvalue weighted by Gasteiger charge is 2.26. The normalized spacial score (nSPS) is 11.3. The van der Waals surface area contributed by atoms with Crippen LogP contribution in [0, 0.1) is 12.7 Å². The van der Waals surface area contributed by atoms with Crippen LogP contribution in [0.1, 0.15) is 18.4 Å². The summed E-state index contributed by atoms with van der Waals surface area (Å²) in [7, 11) is -3.99. The summed E-state index contributed by atoms with van der Waals surface area (Å²) < 4.78 is 40.2. The maximum atomic E-state index is 13.1. The molecule has 2 aromatic carbocycles. The third-order valence-corrected chi connectivity index (χ3v) is 5.90. The highest BCUT2D eigenvalue weighted by molar-refractivity contribution is 7.92. The maximum absolute atomic E-state index is 13.1. The van der Waals surface area contributed by atoms with E-state index in [2.05, 4.69) is 0 Å². The van der Waals surface area contributed by atoms with E-state index in [1.54, 1.807) is 25.1 Å². The predicted molar refractivity (Wildman–Crippen MR) is 94.0 cm³/mol. The summed E-state index contributed by atoms with van der Waals surface area (Å²) in [4.78, 5) is 10.7. The SMILES string of the molecule is Cc1c(Cl)cccc1N(CCCC(=O)O)S(=O)(=O)c1ccc(F)cc1. The van der Waals surface area contributed by atoms with Crippen LogP contribution in [0.25, 0.3) is 0 Å². The van der Waals surface area contributed by atoms with Crippen molar-refractivity contribution in [3.05, 3.63) is 58.9 Å². The molecule has 0 amide bonds. The summed E-state index contributed by atoms with van der Waals surface area (Å²) in [6.07, 6.45) is -0.0449. The molecule has 134 valence electrons. The molecule has 2 rings (SSSR count). The molecular weight excluding hydrogens is 369 g/mol. The molecular formula is C17H17ClFNO4S. The van der Waals surface area contributed by atoms with Gasteiger partial charge in [-0.2, -0.15) is 0 Å². The number of anilines is 1. The van der Waals surface area contributed by atoms with E-state index >= 15 is 0 Å². The number of benzene rings is 2. The highest BCUT2D eigenvalue weighted by Crippen LogP contribution is 2.31. The van der Waals surface area contributed by atoms with Gasteiger partial charge in [-0.15, -0.1) is 0 Å². The van der Waals surface area contributed by atoms with Gasteiger partial charge in [0.1, 0.15) is 5.82 Å². The lowest BCUT2D eigenvalue weighted by Gasteiger charge is -2.26. The summed E-state index contributed by atoms with van der Waals surface area (Å²) in [5.41, 5.74) is 0.924. The molecule has 0 aromatic heterocycles. The van der Waals surface area contributed by atoms with Crippen LogP contribution < -0.4 is 4.31 Å². The summed E-state index contributed by atoms with van der Waals surface area (Å²) >= 11 is 6.09. The van der Waals surface area contributed by atoms with Crippen LogP contribution in [0.3, 0.4) is 0 Å². The zero-order chi connectivity index (χ0) is 18.6. The Morgan fingerprint density at radius 3 is 2.44 bits per heavy atom. The van der Waals surface area contributed by atoms with Gasteiger partial charge in [-0.25, -0.2) is 12.8 Å². The van der Waals surface area contributed by atoms with Gasteiger partial charge in [0.25, 0.3) is 10.0 Å². The van der Waals surface area contributed by atoms with Crippen molar-refractivity contribution >= 4 is 33.3 Å². The number of sulfonamides is 1. The fourth-order valence-corrected chi connectivity index (χ4v) is 4.07. The second kappa shape index (κ2) is 7.84. The first kappa shape index (κ1) is 19.2. The van der Waals surface area contributed by atoms with E-state index in [1.807, 2.05) is 0 Å². The Morgan fingerprint density at radius 1 is 1.20 bits per heavy atom. The molecule has 0 fully saturated rings. The van der Waals surface area contributed by atoms with Crippen molar-refractivity contribution < 1.29 is 22.7 Å². The van der Waals surface area contributed by atoms with Crippen LogP contribution >= 0.6 is 11.6 Å². The molecule has 0 aliphatic carbocycles. The summed E-state index contributed by atoms with van der Waals surface area (Å²) in [6, 6.07) is 9.34. The van der Waals surface area contributed by atoms with Crippen molar-refractivity contribution in [1.82, 2.24) is 0 Å². The van der Waals surface area contributed by atoms with Gasteiger partial charge in [0.2, 0.25) is 0 Å². The van der Waals surface area contributed by atoms with Gasteiger partial charge in [0.05, 0.1) is 10.6 Å². The molecule has 0 atom stereocenters. The molecule has 0 unspecified atom stereocenters. The highest BCUT2D eigenvalue weighted by atomic mass is 35.5. The number of carboxylic acids is 1. The van der Waals surface area contributed by atoms with Crippen LogP contribution in [0.15, 0.2) is 47.4 Å². The molecule has 0 heterocycles. The summed E-state index contributed by atoms with van der Waals surface area (Å²) in [5.74, 6) is -1.56. The number of halogens is 2. The number of nitrogens with zero attached hydrogens (tertiary/aromatic N) is 1. The van der Waals surface area contributed by atoms with Gasteiger partial charge in [-0.05, 0) is 55.3 Å². The van der Waals surface area contributed by atoms with E-state index in [-0.39, 0.29) is 24.3 Å². The molecule has 1 N–H and O–H groups in total. The minimum Gasteiger partial charge on any atom is -0.481 e. The van der Waals surface area contributed by atoms with Crippen LogP contribution in [-0.2, 0) is 14.8 Å². The van der Waals surface area contributed by atoms with Crippen molar-refractivity contribution in [1.29, 1.82) is 0 Å². The zero-order valence-electron chi connectivity index (χ0n) is 13.4. The smallest absolute Gasteiger partial charge is 0.303 e. The Balaban J connectivity index is 2.48. The molecule has 0 saturated heterocycles. The van der Waals surface area contributed by atoms with E-state index in [1.165, 1.54) is 12.1 Å². The third kappa shape index (κ3) is 4.49. The number of hydrogen-bond donors (Lipinski definition) is 1. The van der Waals surface area contributed by atoms with Crippen molar-refractivity contribution in [2.75, 3.05) is 10.8 Å². The van der Waals surface area contributed by atoms with E-state index < -0.39 is 21.8 Å². The number of rotatable bonds is 7. The molecule has 0 bridgehead atoms. The van der Waals surface area contributed by atoms with Gasteiger partial charge in [0, 0.05) is 18.0 Å². The molecule has 0 aliphatic rings. The first-order chi connectivity index (χ1) is 11.7. The summed E-state index contributed by atoms with van der Waals surface area (Å²) in [5, 5.41) is 9.21. The third-order valence-electron chi connectivity index (χ3n) is 3.66. The Labute approximate surface area is 150 Å². The fraction of sp³-hybridized carbons (Fsp3) is 0.235. The molecule has 0 spiro atoms. The van der Waals surface area contributed by atoms with Gasteiger partial charge in [-0.3, -0.25) is 9.10 Å². The first-order valence-corrected chi connectivity index (χ1v) is 9.30. The first-order valence-electron chi connectivity index (χ1n) is 7.48. The lowest BCUT2D eigenvalue weighted by Crippen LogP contribution is -2.33. The standard InChI is InChI=1S/C17H17ClFNO4S/c1-12-15(18)4-2-5-16(12)20(11-3-6-17(21)22)25(23,24)14-9-7-13(19)8-10-14/h2,4-5,7-10H,3,6,11H2,1H3,(H,21,22). The van der Waals surface area contributed by atoms with Gasteiger partial charge >= 0.3 is 5.97 Å². The van der Waals surface area contributed by atoms with Crippen molar-refractivity contribution in [2.45, 2.75) is 24.7 Å². The lowest BCUT2D eigenvalue weighted by atomic mass is 10.2. The average Bonchev–Trinajstić information content (AvgIpc) is 2.55. The Kier molecular flexibility index (Phi) is 6.02. The Bertz CT molecular complexity index is 869. The van der Waals surface area contributed by atoms with E-state index in [0.29, 0.717) is 16.3 Å².